The van der Waals surface area contributed by atoms with Gasteiger partial charge in [-0.15, -0.1) is 0 Å². The topological polar surface area (TPSA) is 49.9 Å². The molecule has 0 bridgehead atoms. The Morgan fingerprint density at radius 2 is 1.81 bits per heavy atom. The number of aliphatic imine (C=N–C) groups is 1. The van der Waals surface area contributed by atoms with E-state index in [1.165, 1.54) is 19.3 Å². The molecule has 1 saturated carbocycles. The van der Waals surface area contributed by atoms with Crippen molar-refractivity contribution < 1.29 is 5.11 Å². The lowest BCUT2D eigenvalue weighted by atomic mass is 9.86. The Balaban J connectivity index is 1.67. The van der Waals surface area contributed by atoms with Gasteiger partial charge < -0.3 is 5.11 Å². The Morgan fingerprint density at radius 1 is 1.06 bits per heavy atom. The number of thiazole rings is 1. The summed E-state index contributed by atoms with van der Waals surface area (Å²) < 4.78 is 2.08. The molecule has 2 atom stereocenters. The second-order valence-corrected chi connectivity index (χ2v) is 9.50. The number of nitrogens with zero attached hydrogens (tertiary/aromatic N) is 3. The van der Waals surface area contributed by atoms with E-state index in [2.05, 4.69) is 23.6 Å². The van der Waals surface area contributed by atoms with Crippen molar-refractivity contribution in [1.82, 2.24) is 4.57 Å². The van der Waals surface area contributed by atoms with Crippen molar-refractivity contribution in [2.24, 2.45) is 15.9 Å². The van der Waals surface area contributed by atoms with Gasteiger partial charge in [0.15, 0.2) is 4.80 Å². The molecule has 0 saturated heterocycles. The number of hydrogen-bond acceptors (Lipinski definition) is 4. The summed E-state index contributed by atoms with van der Waals surface area (Å²) in [5.41, 5.74) is 5.07. The van der Waals surface area contributed by atoms with Gasteiger partial charge in [0.1, 0.15) is 0 Å². The number of benzene rings is 2. The van der Waals surface area contributed by atoms with E-state index in [1.54, 1.807) is 11.3 Å². The average Bonchev–Trinajstić information content (AvgIpc) is 3.26. The number of hydrogen-bond donors (Lipinski definition) is 1. The van der Waals surface area contributed by atoms with Crippen molar-refractivity contribution in [3.63, 3.8) is 0 Å². The fraction of sp³-hybridized carbons (Fsp3) is 0.308. The third-order valence-electron chi connectivity index (χ3n) is 6.38. The van der Waals surface area contributed by atoms with E-state index in [1.807, 2.05) is 55.5 Å². The van der Waals surface area contributed by atoms with Crippen LogP contribution in [0.4, 0.5) is 11.4 Å². The van der Waals surface area contributed by atoms with Gasteiger partial charge in [0, 0.05) is 22.9 Å². The number of aromatic nitrogens is 1. The van der Waals surface area contributed by atoms with Crippen molar-refractivity contribution in [3.05, 3.63) is 69.8 Å². The molecule has 2 heterocycles. The predicted octanol–water partition coefficient (Wildman–Crippen LogP) is 6.89. The summed E-state index contributed by atoms with van der Waals surface area (Å²) in [5, 5.41) is 11.4. The Bertz CT molecular complexity index is 1230. The van der Waals surface area contributed by atoms with E-state index in [-0.39, 0.29) is 6.04 Å². The van der Waals surface area contributed by atoms with E-state index >= 15 is 0 Å². The van der Waals surface area contributed by atoms with Gasteiger partial charge in [-0.3, -0.25) is 9.56 Å². The molecule has 3 aromatic rings. The summed E-state index contributed by atoms with van der Waals surface area (Å²) >= 11 is 1.56. The third kappa shape index (κ3) is 3.79. The van der Waals surface area contributed by atoms with Crippen molar-refractivity contribution in [3.8, 4) is 5.88 Å². The molecule has 1 aliphatic carbocycles. The third-order valence-corrected chi connectivity index (χ3v) is 7.37. The maximum absolute atomic E-state index is 11.4. The van der Waals surface area contributed by atoms with Gasteiger partial charge in [-0.2, -0.15) is 0 Å². The Kier molecular flexibility index (Phi) is 5.36. The highest BCUT2D eigenvalue weighted by Gasteiger charge is 2.28. The lowest BCUT2D eigenvalue weighted by molar-refractivity contribution is 0.234. The van der Waals surface area contributed by atoms with Gasteiger partial charge in [-0.05, 0) is 50.0 Å². The minimum atomic E-state index is 0.269. The zero-order valence-electron chi connectivity index (χ0n) is 18.0. The van der Waals surface area contributed by atoms with E-state index < -0.39 is 0 Å². The van der Waals surface area contributed by atoms with Crippen LogP contribution < -0.4 is 4.80 Å². The predicted molar refractivity (Wildman–Crippen MR) is 129 cm³/mol. The molecule has 31 heavy (non-hydrogen) atoms. The summed E-state index contributed by atoms with van der Waals surface area (Å²) in [7, 11) is 0. The van der Waals surface area contributed by atoms with Crippen molar-refractivity contribution in [2.75, 3.05) is 0 Å². The van der Waals surface area contributed by atoms with Crippen LogP contribution in [0.15, 0.2) is 64.6 Å². The molecule has 5 rings (SSSR count). The molecule has 1 fully saturated rings. The average molecular weight is 430 g/mol. The fourth-order valence-corrected chi connectivity index (χ4v) is 5.75. The second kappa shape index (κ2) is 8.31. The number of aromatic hydroxyl groups is 1. The number of fused-ring (bicyclic) bond motifs is 1. The molecule has 158 valence electrons. The van der Waals surface area contributed by atoms with E-state index in [0.717, 1.165) is 44.3 Å². The molecular weight excluding hydrogens is 402 g/mol. The first-order valence-electron chi connectivity index (χ1n) is 11.0. The Labute approximate surface area is 187 Å². The lowest BCUT2D eigenvalue weighted by Crippen LogP contribution is -2.27. The summed E-state index contributed by atoms with van der Waals surface area (Å²) in [6.07, 6.45) is 6.80. The Morgan fingerprint density at radius 3 is 2.61 bits per heavy atom. The smallest absolute Gasteiger partial charge is 0.211 e. The first-order chi connectivity index (χ1) is 15.1. The van der Waals surface area contributed by atoms with Gasteiger partial charge in [0.2, 0.25) is 5.88 Å². The van der Waals surface area contributed by atoms with Crippen LogP contribution in [0, 0.1) is 5.92 Å². The zero-order chi connectivity index (χ0) is 21.4. The van der Waals surface area contributed by atoms with Crippen LogP contribution in [0.1, 0.15) is 56.0 Å². The summed E-state index contributed by atoms with van der Waals surface area (Å²) in [6.45, 7) is 4.32. The van der Waals surface area contributed by atoms with Crippen LogP contribution in [0.25, 0.3) is 11.6 Å². The first kappa shape index (κ1) is 20.0. The molecule has 4 nitrogen and oxygen atoms in total. The summed E-state index contributed by atoms with van der Waals surface area (Å²) in [4.78, 5) is 11.3. The fourth-order valence-electron chi connectivity index (χ4n) is 4.71. The van der Waals surface area contributed by atoms with Crippen molar-refractivity contribution >= 4 is 40.1 Å². The maximum Gasteiger partial charge on any atom is 0.211 e. The molecule has 0 spiro atoms. The highest BCUT2D eigenvalue weighted by molar-refractivity contribution is 7.10. The highest BCUT2D eigenvalue weighted by atomic mass is 32.1. The molecule has 0 radical (unpaired) electrons. The first-order valence-corrected chi connectivity index (χ1v) is 11.8. The molecule has 2 aliphatic rings. The molecule has 5 heteroatoms. The van der Waals surface area contributed by atoms with E-state index in [0.29, 0.717) is 11.8 Å². The van der Waals surface area contributed by atoms with Gasteiger partial charge in [-0.25, -0.2) is 4.99 Å². The van der Waals surface area contributed by atoms with Crippen LogP contribution in [-0.2, 0) is 0 Å². The molecule has 0 amide bonds. The monoisotopic (exact) mass is 429 g/mol. The van der Waals surface area contributed by atoms with Gasteiger partial charge in [-0.1, -0.05) is 67.5 Å². The van der Waals surface area contributed by atoms with E-state index in [4.69, 9.17) is 9.98 Å². The van der Waals surface area contributed by atoms with Crippen LogP contribution in [0.2, 0.25) is 0 Å². The maximum atomic E-state index is 11.4. The standard InChI is InChI=1S/C26H27N3OS/c1-17-10-6-9-15-23(17)29-25(30)24(31-26(29)28-19-11-4-3-5-12-19)16-21-18(2)27-22-14-8-7-13-20(21)22/h3-5,7-8,11-14,16-17,23,30H,6,9-10,15H2,1-2H3/t17-,23+/m0/s1. The second-order valence-electron chi connectivity index (χ2n) is 8.49. The SMILES string of the molecule is CC1=Nc2ccccc2C1=Cc1sc(=Nc2ccccc2)n([C@@H]2CCCC[C@@H]2C)c1O. The van der Waals surface area contributed by atoms with E-state index in [9.17, 15) is 5.11 Å². The van der Waals surface area contributed by atoms with Gasteiger partial charge >= 0.3 is 0 Å². The zero-order valence-corrected chi connectivity index (χ0v) is 18.8. The van der Waals surface area contributed by atoms with Crippen LogP contribution in [0.3, 0.4) is 0 Å². The van der Waals surface area contributed by atoms with Crippen LogP contribution in [-0.4, -0.2) is 15.4 Å². The molecule has 2 aromatic carbocycles. The quantitative estimate of drug-likeness (QED) is 0.484. The molecule has 1 aromatic heterocycles. The molecule has 1 N–H and O–H groups in total. The molecular formula is C26H27N3OS. The normalized spacial score (nSPS) is 22.6. The number of para-hydroxylation sites is 2. The number of rotatable bonds is 3. The molecule has 0 unspecified atom stereocenters. The largest absolute Gasteiger partial charge is 0.493 e. The minimum absolute atomic E-state index is 0.269. The van der Waals surface area contributed by atoms with Crippen molar-refractivity contribution in [1.29, 1.82) is 0 Å². The highest BCUT2D eigenvalue weighted by Crippen LogP contribution is 2.40. The minimum Gasteiger partial charge on any atom is -0.493 e. The van der Waals surface area contributed by atoms with Gasteiger partial charge in [0.05, 0.1) is 16.3 Å². The van der Waals surface area contributed by atoms with Crippen molar-refractivity contribution in [2.45, 2.75) is 45.6 Å². The van der Waals surface area contributed by atoms with Crippen LogP contribution in [0.5, 0.6) is 5.88 Å². The van der Waals surface area contributed by atoms with Crippen LogP contribution >= 0.6 is 11.3 Å². The van der Waals surface area contributed by atoms with Gasteiger partial charge in [0.25, 0.3) is 0 Å². The molecule has 1 aliphatic heterocycles. The summed E-state index contributed by atoms with van der Waals surface area (Å²) in [5.74, 6) is 0.836. The summed E-state index contributed by atoms with van der Waals surface area (Å²) in [6, 6.07) is 18.5. The number of allylic oxidation sites excluding steroid dienone is 1. The lowest BCUT2D eigenvalue weighted by Gasteiger charge is -2.30. The Hall–Kier alpha value is -2.92.